The number of nitrogens with one attached hydrogen (secondary N) is 1. The largest absolute Gasteiger partial charge is 0.484 e. The molecule has 0 spiro atoms. The molecule has 0 bridgehead atoms. The summed E-state index contributed by atoms with van der Waals surface area (Å²) in [5, 5.41) is 2.78. The lowest BCUT2D eigenvalue weighted by atomic mass is 10.1. The Morgan fingerprint density at radius 2 is 1.55 bits per heavy atom. The van der Waals surface area contributed by atoms with Gasteiger partial charge in [-0.3, -0.25) is 9.59 Å². The molecule has 148 valence electrons. The lowest BCUT2D eigenvalue weighted by molar-refractivity contribution is -0.118. The minimum absolute atomic E-state index is 0.133. The molecule has 29 heavy (non-hydrogen) atoms. The fourth-order valence-electron chi connectivity index (χ4n) is 2.88. The van der Waals surface area contributed by atoms with Crippen LogP contribution in [0.3, 0.4) is 0 Å². The molecular weight excluding hydrogens is 364 g/mol. The molecule has 2 amide bonds. The maximum atomic E-state index is 12.9. The maximum absolute atomic E-state index is 12.9. The number of rotatable bonds is 7. The Bertz CT molecular complexity index is 969. The number of nitrogens with zero attached hydrogens (tertiary/aromatic N) is 1. The molecule has 3 aromatic carbocycles. The van der Waals surface area contributed by atoms with E-state index in [4.69, 9.17) is 4.74 Å². The molecule has 0 aliphatic carbocycles. The Balaban J connectivity index is 1.63. The van der Waals surface area contributed by atoms with Gasteiger partial charge in [0.15, 0.2) is 6.61 Å². The van der Waals surface area contributed by atoms with Crippen LogP contribution in [0, 0.1) is 6.92 Å². The minimum Gasteiger partial charge on any atom is -0.484 e. The molecule has 0 aromatic heterocycles. The number of ether oxygens (including phenoxy) is 1. The van der Waals surface area contributed by atoms with Crippen LogP contribution in [0.2, 0.25) is 0 Å². The van der Waals surface area contributed by atoms with Gasteiger partial charge in [0.05, 0.1) is 11.3 Å². The Kier molecular flexibility index (Phi) is 6.63. The zero-order valence-corrected chi connectivity index (χ0v) is 16.6. The lowest BCUT2D eigenvalue weighted by Gasteiger charge is -2.19. The summed E-state index contributed by atoms with van der Waals surface area (Å²) in [6.07, 6.45) is 0. The molecule has 0 heterocycles. The minimum atomic E-state index is -0.323. The Hall–Kier alpha value is -3.60. The molecule has 5 heteroatoms. The van der Waals surface area contributed by atoms with Crippen LogP contribution >= 0.6 is 0 Å². The second-order valence-electron chi connectivity index (χ2n) is 6.84. The van der Waals surface area contributed by atoms with Crippen molar-refractivity contribution in [3.63, 3.8) is 0 Å². The van der Waals surface area contributed by atoms with Gasteiger partial charge in [0.25, 0.3) is 11.8 Å². The first kappa shape index (κ1) is 20.1. The summed E-state index contributed by atoms with van der Waals surface area (Å²) in [5.41, 5.74) is 3.06. The second-order valence-corrected chi connectivity index (χ2v) is 6.84. The molecule has 0 fully saturated rings. The van der Waals surface area contributed by atoms with Gasteiger partial charge >= 0.3 is 0 Å². The first-order valence-electron chi connectivity index (χ1n) is 9.40. The molecule has 0 atom stereocenters. The molecule has 5 nitrogen and oxygen atoms in total. The Morgan fingerprint density at radius 3 is 2.28 bits per heavy atom. The van der Waals surface area contributed by atoms with Crippen molar-refractivity contribution in [2.75, 3.05) is 19.0 Å². The van der Waals surface area contributed by atoms with Crippen molar-refractivity contribution in [2.45, 2.75) is 13.5 Å². The summed E-state index contributed by atoms with van der Waals surface area (Å²) >= 11 is 0. The van der Waals surface area contributed by atoms with E-state index >= 15 is 0 Å². The predicted molar refractivity (Wildman–Crippen MR) is 114 cm³/mol. The van der Waals surface area contributed by atoms with Crippen molar-refractivity contribution in [3.05, 3.63) is 95.6 Å². The molecule has 3 aromatic rings. The van der Waals surface area contributed by atoms with E-state index in [0.29, 0.717) is 23.5 Å². The summed E-state index contributed by atoms with van der Waals surface area (Å²) < 4.78 is 5.51. The summed E-state index contributed by atoms with van der Waals surface area (Å²) in [4.78, 5) is 26.9. The van der Waals surface area contributed by atoms with Crippen molar-refractivity contribution < 1.29 is 14.3 Å². The third kappa shape index (κ3) is 5.69. The normalized spacial score (nSPS) is 10.3. The van der Waals surface area contributed by atoms with Crippen LogP contribution in [-0.4, -0.2) is 30.4 Å². The summed E-state index contributed by atoms with van der Waals surface area (Å²) in [5.74, 6) is 0.137. The Morgan fingerprint density at radius 1 is 0.897 bits per heavy atom. The molecule has 0 radical (unpaired) electrons. The van der Waals surface area contributed by atoms with Crippen LogP contribution in [0.5, 0.6) is 5.75 Å². The number of amides is 2. The lowest BCUT2D eigenvalue weighted by Crippen LogP contribution is -2.28. The van der Waals surface area contributed by atoms with Crippen LogP contribution in [0.15, 0.2) is 78.9 Å². The second kappa shape index (κ2) is 9.55. The van der Waals surface area contributed by atoms with Gasteiger partial charge in [0, 0.05) is 13.6 Å². The molecular formula is C24H24N2O3. The highest BCUT2D eigenvalue weighted by atomic mass is 16.5. The van der Waals surface area contributed by atoms with Crippen molar-refractivity contribution in [3.8, 4) is 5.75 Å². The van der Waals surface area contributed by atoms with Crippen molar-refractivity contribution >= 4 is 17.5 Å². The van der Waals surface area contributed by atoms with E-state index in [-0.39, 0.29) is 18.4 Å². The van der Waals surface area contributed by atoms with Gasteiger partial charge < -0.3 is 15.0 Å². The smallest absolute Gasteiger partial charge is 0.262 e. The van der Waals surface area contributed by atoms with Gasteiger partial charge in [-0.15, -0.1) is 0 Å². The van der Waals surface area contributed by atoms with E-state index in [1.54, 1.807) is 36.2 Å². The quantitative estimate of drug-likeness (QED) is 0.657. The van der Waals surface area contributed by atoms with Crippen LogP contribution in [0.1, 0.15) is 21.5 Å². The number of aryl methyl sites for hydroxylation is 1. The zero-order valence-electron chi connectivity index (χ0n) is 16.6. The number of hydrogen-bond acceptors (Lipinski definition) is 3. The van der Waals surface area contributed by atoms with Gasteiger partial charge in [-0.2, -0.15) is 0 Å². The Labute approximate surface area is 170 Å². The number of hydrogen-bond donors (Lipinski definition) is 1. The molecule has 0 saturated heterocycles. The molecule has 0 aliphatic rings. The molecule has 0 aliphatic heterocycles. The summed E-state index contributed by atoms with van der Waals surface area (Å²) in [6, 6.07) is 24.2. The van der Waals surface area contributed by atoms with Gasteiger partial charge in [-0.1, -0.05) is 60.2 Å². The average Bonchev–Trinajstić information content (AvgIpc) is 2.74. The van der Waals surface area contributed by atoms with E-state index in [0.717, 1.165) is 11.1 Å². The first-order chi connectivity index (χ1) is 14.0. The number of benzene rings is 3. The number of carbonyl (C=O) groups is 2. The third-order valence-corrected chi connectivity index (χ3v) is 4.43. The van der Waals surface area contributed by atoms with E-state index in [1.807, 2.05) is 61.5 Å². The molecule has 0 unspecified atom stereocenters. The highest BCUT2D eigenvalue weighted by Crippen LogP contribution is 2.18. The fraction of sp³-hybridized carbons (Fsp3) is 0.167. The number of anilines is 1. The maximum Gasteiger partial charge on any atom is 0.262 e. The number of carbonyl (C=O) groups excluding carboxylic acids is 2. The van der Waals surface area contributed by atoms with E-state index in [2.05, 4.69) is 5.32 Å². The summed E-state index contributed by atoms with van der Waals surface area (Å²) in [6.45, 7) is 2.34. The van der Waals surface area contributed by atoms with Crippen LogP contribution in [-0.2, 0) is 11.3 Å². The highest BCUT2D eigenvalue weighted by molar-refractivity contribution is 6.03. The third-order valence-electron chi connectivity index (χ3n) is 4.43. The van der Waals surface area contributed by atoms with Crippen LogP contribution < -0.4 is 10.1 Å². The monoisotopic (exact) mass is 388 g/mol. The van der Waals surface area contributed by atoms with Crippen molar-refractivity contribution in [1.82, 2.24) is 4.90 Å². The van der Waals surface area contributed by atoms with Crippen molar-refractivity contribution in [2.24, 2.45) is 0 Å². The SMILES string of the molecule is Cc1ccc(OCC(=O)Nc2ccccc2C(=O)N(C)Cc2ccccc2)cc1. The molecule has 0 saturated carbocycles. The van der Waals surface area contributed by atoms with E-state index < -0.39 is 0 Å². The highest BCUT2D eigenvalue weighted by Gasteiger charge is 2.17. The molecule has 3 rings (SSSR count). The van der Waals surface area contributed by atoms with Gasteiger partial charge in [-0.05, 0) is 36.8 Å². The van der Waals surface area contributed by atoms with E-state index in [1.165, 1.54) is 0 Å². The predicted octanol–water partition coefficient (Wildman–Crippen LogP) is 4.28. The fourth-order valence-corrected chi connectivity index (χ4v) is 2.88. The topological polar surface area (TPSA) is 58.6 Å². The van der Waals surface area contributed by atoms with E-state index in [9.17, 15) is 9.59 Å². The first-order valence-corrected chi connectivity index (χ1v) is 9.40. The number of para-hydroxylation sites is 1. The summed E-state index contributed by atoms with van der Waals surface area (Å²) in [7, 11) is 1.74. The van der Waals surface area contributed by atoms with Crippen LogP contribution in [0.25, 0.3) is 0 Å². The standard InChI is InChI=1S/C24H24N2O3/c1-18-12-14-20(15-13-18)29-17-23(27)25-22-11-7-6-10-21(22)24(28)26(2)16-19-8-4-3-5-9-19/h3-15H,16-17H2,1-2H3,(H,25,27). The van der Waals surface area contributed by atoms with Crippen LogP contribution in [0.4, 0.5) is 5.69 Å². The zero-order chi connectivity index (χ0) is 20.6. The van der Waals surface area contributed by atoms with Gasteiger partial charge in [-0.25, -0.2) is 0 Å². The van der Waals surface area contributed by atoms with Crippen molar-refractivity contribution in [1.29, 1.82) is 0 Å². The molecule has 1 N–H and O–H groups in total. The average molecular weight is 388 g/mol. The van der Waals surface area contributed by atoms with Gasteiger partial charge in [0.1, 0.15) is 5.75 Å². The van der Waals surface area contributed by atoms with Gasteiger partial charge in [0.2, 0.25) is 0 Å².